The first-order valence-electron chi connectivity index (χ1n) is 18.8. The molecule has 7 heterocycles. The summed E-state index contributed by atoms with van der Waals surface area (Å²) in [5.41, 5.74) is 19.2. The van der Waals surface area contributed by atoms with Crippen molar-refractivity contribution in [3.05, 3.63) is 113 Å². The third-order valence-corrected chi connectivity index (χ3v) is 10.5. The molecule has 0 aliphatic carbocycles. The highest BCUT2D eigenvalue weighted by molar-refractivity contribution is 5.97. The lowest BCUT2D eigenvalue weighted by atomic mass is 10.0. The Morgan fingerprint density at radius 1 is 0.621 bits per heavy atom. The Morgan fingerprint density at radius 2 is 1.14 bits per heavy atom. The number of carbonyl (C=O) groups excluding carboxylic acids is 2. The molecular weight excluding hydrogens is 739 g/mol. The first-order chi connectivity index (χ1) is 28.3. The molecular formula is C41H39N13O4. The molecule has 0 spiro atoms. The molecule has 5 aromatic heterocycles. The van der Waals surface area contributed by atoms with E-state index < -0.39 is 0 Å². The van der Waals surface area contributed by atoms with Crippen molar-refractivity contribution in [3.63, 3.8) is 0 Å². The SMILES string of the molecule is COc1cccc2c1nc(N)n1nc(CC(=O)N3CCc4ccccc4CC3)nc21.COc1cccc2c1nc(N)n1nc(CC(=O)N3Cc4cccnc4C3)nc21. The van der Waals surface area contributed by atoms with Gasteiger partial charge >= 0.3 is 0 Å². The molecule has 0 unspecified atom stereocenters. The lowest BCUT2D eigenvalue weighted by Gasteiger charge is -2.19. The van der Waals surface area contributed by atoms with Crippen LogP contribution in [0.15, 0.2) is 79.0 Å². The van der Waals surface area contributed by atoms with Crippen molar-refractivity contribution < 1.29 is 19.1 Å². The molecule has 2 aliphatic heterocycles. The number of benzene rings is 3. The molecule has 0 bridgehead atoms. The van der Waals surface area contributed by atoms with Crippen molar-refractivity contribution in [2.45, 2.75) is 38.8 Å². The van der Waals surface area contributed by atoms with E-state index >= 15 is 0 Å². The van der Waals surface area contributed by atoms with Gasteiger partial charge in [0.15, 0.2) is 22.9 Å². The number of methoxy groups -OCH3 is 2. The summed E-state index contributed by atoms with van der Waals surface area (Å²) in [6, 6.07) is 23.4. The van der Waals surface area contributed by atoms with Gasteiger partial charge in [-0.25, -0.2) is 19.9 Å². The van der Waals surface area contributed by atoms with Crippen molar-refractivity contribution in [2.24, 2.45) is 0 Å². The van der Waals surface area contributed by atoms with Gasteiger partial charge in [0, 0.05) is 36.6 Å². The number of para-hydroxylation sites is 2. The summed E-state index contributed by atoms with van der Waals surface area (Å²) in [6.07, 6.45) is 3.68. The second-order valence-electron chi connectivity index (χ2n) is 14.0. The third-order valence-electron chi connectivity index (χ3n) is 10.5. The van der Waals surface area contributed by atoms with Gasteiger partial charge < -0.3 is 30.7 Å². The molecule has 292 valence electrons. The van der Waals surface area contributed by atoms with E-state index in [2.05, 4.69) is 59.4 Å². The Labute approximate surface area is 331 Å². The van der Waals surface area contributed by atoms with Gasteiger partial charge in [0.1, 0.15) is 22.5 Å². The van der Waals surface area contributed by atoms with Crippen molar-refractivity contribution in [3.8, 4) is 11.5 Å². The first-order valence-corrected chi connectivity index (χ1v) is 18.8. The maximum absolute atomic E-state index is 13.0. The quantitative estimate of drug-likeness (QED) is 0.248. The molecule has 2 aliphatic rings. The summed E-state index contributed by atoms with van der Waals surface area (Å²) in [4.78, 5) is 51.6. The number of nitrogens with two attached hydrogens (primary N) is 2. The average Bonchev–Trinajstić information content (AvgIpc) is 3.95. The molecule has 0 radical (unpaired) electrons. The number of anilines is 2. The molecule has 8 aromatic rings. The molecule has 2 amide bonds. The number of nitrogen functional groups attached to an aromatic ring is 2. The lowest BCUT2D eigenvalue weighted by Crippen LogP contribution is -2.34. The van der Waals surface area contributed by atoms with Gasteiger partial charge in [-0.3, -0.25) is 14.6 Å². The van der Waals surface area contributed by atoms with Crippen molar-refractivity contribution in [1.82, 2.24) is 53.9 Å². The summed E-state index contributed by atoms with van der Waals surface area (Å²) in [5, 5.41) is 10.4. The highest BCUT2D eigenvalue weighted by Gasteiger charge is 2.26. The number of hydrogen-bond donors (Lipinski definition) is 2. The predicted molar refractivity (Wildman–Crippen MR) is 215 cm³/mol. The molecule has 0 saturated carbocycles. The number of hydrogen-bond acceptors (Lipinski definition) is 13. The minimum atomic E-state index is -0.0534. The maximum atomic E-state index is 13.0. The number of nitrogens with zero attached hydrogens (tertiary/aromatic N) is 11. The highest BCUT2D eigenvalue weighted by atomic mass is 16.5. The van der Waals surface area contributed by atoms with E-state index in [0.717, 1.165) is 34.9 Å². The molecule has 58 heavy (non-hydrogen) atoms. The Bertz CT molecular complexity index is 2840. The van der Waals surface area contributed by atoms with Crippen LogP contribution in [-0.4, -0.2) is 93.1 Å². The van der Waals surface area contributed by atoms with Crippen LogP contribution >= 0.6 is 0 Å². The van der Waals surface area contributed by atoms with Crippen LogP contribution in [0, 0.1) is 0 Å². The summed E-state index contributed by atoms with van der Waals surface area (Å²) in [5.74, 6) is 2.42. The van der Waals surface area contributed by atoms with Crippen LogP contribution in [0.5, 0.6) is 11.5 Å². The van der Waals surface area contributed by atoms with Crippen LogP contribution < -0.4 is 20.9 Å². The van der Waals surface area contributed by atoms with Crippen molar-refractivity contribution >= 4 is 56.8 Å². The molecule has 0 atom stereocenters. The number of aromatic nitrogens is 9. The van der Waals surface area contributed by atoms with E-state index in [1.165, 1.54) is 20.2 Å². The standard InChI is InChI=1S/C22H22N6O2.C19H17N7O2/c1-30-17-8-4-7-16-20(17)25-22(23)28-21(16)24-18(26-28)13-19(29)27-11-9-14-5-2-3-6-15(14)10-12-27;1-28-14-6-2-5-12-17(14)23-19(20)26-18(12)22-15(24-26)8-16(27)25-9-11-4-3-7-21-13(11)10-25/h2-8H,9-13H2,1H3,(H2,23,25);2-7H,8-10H2,1H3,(H2,20,23). The van der Waals surface area contributed by atoms with Crippen molar-refractivity contribution in [1.29, 1.82) is 0 Å². The minimum absolute atomic E-state index is 0.0205. The van der Waals surface area contributed by atoms with Crippen LogP contribution in [0.4, 0.5) is 11.9 Å². The first kappa shape index (κ1) is 36.2. The minimum Gasteiger partial charge on any atom is -0.494 e. The zero-order valence-corrected chi connectivity index (χ0v) is 31.9. The fourth-order valence-corrected chi connectivity index (χ4v) is 7.60. The number of rotatable bonds is 6. The number of fused-ring (bicyclic) bond motifs is 8. The second kappa shape index (κ2) is 14.9. The van der Waals surface area contributed by atoms with E-state index in [-0.39, 0.29) is 36.6 Å². The van der Waals surface area contributed by atoms with E-state index in [9.17, 15) is 9.59 Å². The monoisotopic (exact) mass is 777 g/mol. The third kappa shape index (κ3) is 6.65. The van der Waals surface area contributed by atoms with Gasteiger partial charge in [0.2, 0.25) is 23.7 Å². The van der Waals surface area contributed by atoms with Crippen LogP contribution in [0.2, 0.25) is 0 Å². The Hall–Kier alpha value is -7.43. The van der Waals surface area contributed by atoms with Crippen LogP contribution in [-0.2, 0) is 48.4 Å². The highest BCUT2D eigenvalue weighted by Crippen LogP contribution is 2.29. The van der Waals surface area contributed by atoms with E-state index in [1.54, 1.807) is 25.3 Å². The molecule has 0 fully saturated rings. The zero-order chi connectivity index (χ0) is 39.9. The van der Waals surface area contributed by atoms with Gasteiger partial charge in [-0.1, -0.05) is 42.5 Å². The number of carbonyl (C=O) groups is 2. The molecule has 17 heteroatoms. The largest absolute Gasteiger partial charge is 0.494 e. The number of pyridine rings is 1. The number of ether oxygens (including phenoxy) is 2. The molecule has 0 saturated heterocycles. The van der Waals surface area contributed by atoms with Crippen molar-refractivity contribution in [2.75, 3.05) is 38.8 Å². The molecule has 3 aromatic carbocycles. The Morgan fingerprint density at radius 3 is 1.66 bits per heavy atom. The molecule has 17 nitrogen and oxygen atoms in total. The predicted octanol–water partition coefficient (Wildman–Crippen LogP) is 3.39. The molecule has 10 rings (SSSR count). The lowest BCUT2D eigenvalue weighted by molar-refractivity contribution is -0.131. The number of amides is 2. The Balaban J connectivity index is 0.000000151. The summed E-state index contributed by atoms with van der Waals surface area (Å²) >= 11 is 0. The fourth-order valence-electron chi connectivity index (χ4n) is 7.60. The van der Waals surface area contributed by atoms with Crippen LogP contribution in [0.25, 0.3) is 33.1 Å². The summed E-state index contributed by atoms with van der Waals surface area (Å²) in [6.45, 7) is 2.46. The molecule has 4 N–H and O–H groups in total. The van der Waals surface area contributed by atoms with Crippen LogP contribution in [0.1, 0.15) is 34.0 Å². The summed E-state index contributed by atoms with van der Waals surface area (Å²) < 4.78 is 13.7. The van der Waals surface area contributed by atoms with Gasteiger partial charge in [0.05, 0.1) is 39.3 Å². The van der Waals surface area contributed by atoms with Gasteiger partial charge in [-0.05, 0) is 59.9 Å². The van der Waals surface area contributed by atoms with E-state index in [1.807, 2.05) is 53.4 Å². The van der Waals surface area contributed by atoms with E-state index in [4.69, 9.17) is 20.9 Å². The van der Waals surface area contributed by atoms with Gasteiger partial charge in [-0.15, -0.1) is 10.2 Å². The van der Waals surface area contributed by atoms with Gasteiger partial charge in [0.25, 0.3) is 0 Å². The van der Waals surface area contributed by atoms with Crippen LogP contribution in [0.3, 0.4) is 0 Å². The fraction of sp³-hybridized carbons (Fsp3) is 0.244. The van der Waals surface area contributed by atoms with Gasteiger partial charge in [-0.2, -0.15) is 9.03 Å². The normalized spacial score (nSPS) is 13.6. The average molecular weight is 778 g/mol. The summed E-state index contributed by atoms with van der Waals surface area (Å²) in [7, 11) is 3.16. The topological polar surface area (TPSA) is 210 Å². The van der Waals surface area contributed by atoms with E-state index in [0.29, 0.717) is 71.7 Å². The zero-order valence-electron chi connectivity index (χ0n) is 31.9. The smallest absolute Gasteiger partial charge is 0.230 e. The second-order valence-corrected chi connectivity index (χ2v) is 14.0. The maximum Gasteiger partial charge on any atom is 0.230 e. The Kier molecular flexibility index (Phi) is 9.31.